The molecule has 2 N–H and O–H groups in total. The normalized spacial score (nSPS) is 11.7. The molecule has 0 radical (unpaired) electrons. The number of carboxylic acid groups (broad SMARTS) is 1. The number of hydrogen-bond donors (Lipinski definition) is 2. The van der Waals surface area contributed by atoms with Gasteiger partial charge in [0.2, 0.25) is 9.84 Å². The van der Waals surface area contributed by atoms with E-state index >= 15 is 0 Å². The Balaban J connectivity index is 2.72. The first-order chi connectivity index (χ1) is 11.5. The van der Waals surface area contributed by atoms with E-state index < -0.39 is 22.2 Å². The molecule has 0 heterocycles. The summed E-state index contributed by atoms with van der Waals surface area (Å²) < 4.78 is 27.1. The number of hydrogen-bond acceptors (Lipinski definition) is 4. The number of sulfone groups is 1. The molecule has 0 spiro atoms. The summed E-state index contributed by atoms with van der Waals surface area (Å²) in [7, 11) is -3.98. The Morgan fingerprint density at radius 1 is 1.16 bits per heavy atom. The molecule has 25 heavy (non-hydrogen) atoms. The highest BCUT2D eigenvalue weighted by Gasteiger charge is 2.27. The fourth-order valence-electron chi connectivity index (χ4n) is 2.49. The molecule has 134 valence electrons. The van der Waals surface area contributed by atoms with Crippen LogP contribution in [0, 0.1) is 0 Å². The second-order valence-electron chi connectivity index (χ2n) is 5.83. The molecule has 5 nitrogen and oxygen atoms in total. The van der Waals surface area contributed by atoms with Gasteiger partial charge < -0.3 is 10.2 Å². The van der Waals surface area contributed by atoms with Crippen molar-refractivity contribution in [3.8, 4) is 5.75 Å². The first-order valence-electron chi connectivity index (χ1n) is 7.31. The lowest BCUT2D eigenvalue weighted by atomic mass is 10.0. The van der Waals surface area contributed by atoms with Gasteiger partial charge in [-0.15, -0.1) is 0 Å². The summed E-state index contributed by atoms with van der Waals surface area (Å²) in [4.78, 5) is 11.1. The van der Waals surface area contributed by atoms with Gasteiger partial charge in [0.15, 0.2) is 0 Å². The van der Waals surface area contributed by atoms with E-state index in [0.717, 1.165) is 0 Å². The Hall–Kier alpha value is -1.38. The third-order valence-corrected chi connectivity index (χ3v) is 6.87. The maximum absolute atomic E-state index is 13.1. The molecule has 0 fully saturated rings. The van der Waals surface area contributed by atoms with E-state index in [1.165, 1.54) is 24.3 Å². The molecule has 0 saturated heterocycles. The van der Waals surface area contributed by atoms with Crippen LogP contribution in [0.5, 0.6) is 5.75 Å². The van der Waals surface area contributed by atoms with Crippen LogP contribution >= 0.6 is 31.9 Å². The van der Waals surface area contributed by atoms with Crippen molar-refractivity contribution in [2.75, 3.05) is 0 Å². The smallest absolute Gasteiger partial charge is 0.307 e. The van der Waals surface area contributed by atoms with Gasteiger partial charge in [-0.2, -0.15) is 0 Å². The van der Waals surface area contributed by atoms with E-state index in [-0.39, 0.29) is 31.5 Å². The molecule has 0 aliphatic heterocycles. The Labute approximate surface area is 162 Å². The van der Waals surface area contributed by atoms with E-state index in [1.807, 2.05) is 13.8 Å². The fraction of sp³-hybridized carbons (Fsp3) is 0.235. The summed E-state index contributed by atoms with van der Waals surface area (Å²) in [5.74, 6) is -1.17. The molecular formula is C17H16Br2O5S. The van der Waals surface area contributed by atoms with Crippen LogP contribution in [0.25, 0.3) is 0 Å². The quantitative estimate of drug-likeness (QED) is 0.642. The summed E-state index contributed by atoms with van der Waals surface area (Å²) in [5.41, 5.74) is 0.682. The van der Waals surface area contributed by atoms with Gasteiger partial charge in [-0.05, 0) is 63.3 Å². The Kier molecular flexibility index (Phi) is 5.96. The van der Waals surface area contributed by atoms with Crippen molar-refractivity contribution in [3.63, 3.8) is 0 Å². The van der Waals surface area contributed by atoms with Crippen LogP contribution in [0.4, 0.5) is 0 Å². The van der Waals surface area contributed by atoms with Gasteiger partial charge in [0.25, 0.3) is 0 Å². The molecule has 0 bridgehead atoms. The predicted molar refractivity (Wildman–Crippen MR) is 101 cm³/mol. The van der Waals surface area contributed by atoms with Crippen LogP contribution in [0.2, 0.25) is 0 Å². The number of aliphatic carboxylic acids is 1. The third-order valence-electron chi connectivity index (χ3n) is 3.63. The number of phenolic OH excluding ortho intramolecular Hbond substituents is 1. The zero-order valence-corrected chi connectivity index (χ0v) is 17.4. The van der Waals surface area contributed by atoms with Crippen LogP contribution in [-0.4, -0.2) is 24.6 Å². The average molecular weight is 492 g/mol. The predicted octanol–water partition coefficient (Wildman–Crippen LogP) is 4.50. The minimum absolute atomic E-state index is 0.00339. The van der Waals surface area contributed by atoms with Crippen molar-refractivity contribution in [2.24, 2.45) is 0 Å². The minimum atomic E-state index is -3.98. The summed E-state index contributed by atoms with van der Waals surface area (Å²) in [6, 6.07) is 7.12. The average Bonchev–Trinajstić information content (AvgIpc) is 2.45. The molecule has 2 rings (SSSR count). The number of aromatic hydroxyl groups is 1. The summed E-state index contributed by atoms with van der Waals surface area (Å²) >= 11 is 6.48. The largest absolute Gasteiger partial charge is 0.508 e. The molecule has 0 aromatic heterocycles. The van der Waals surface area contributed by atoms with Gasteiger partial charge in [0.1, 0.15) is 5.75 Å². The number of benzene rings is 2. The van der Waals surface area contributed by atoms with E-state index in [9.17, 15) is 18.3 Å². The van der Waals surface area contributed by atoms with Crippen LogP contribution < -0.4 is 0 Å². The number of carbonyl (C=O) groups is 1. The van der Waals surface area contributed by atoms with Crippen LogP contribution in [0.1, 0.15) is 30.9 Å². The Morgan fingerprint density at radius 2 is 1.80 bits per heavy atom. The molecule has 0 amide bonds. The molecule has 8 heteroatoms. The molecular weight excluding hydrogens is 476 g/mol. The molecule has 2 aromatic rings. The number of phenols is 1. The number of carboxylic acids is 1. The van der Waals surface area contributed by atoms with Crippen molar-refractivity contribution in [1.82, 2.24) is 0 Å². The fourth-order valence-corrected chi connectivity index (χ4v) is 6.00. The van der Waals surface area contributed by atoms with Crippen LogP contribution in [0.3, 0.4) is 0 Å². The summed E-state index contributed by atoms with van der Waals surface area (Å²) in [6.45, 7) is 3.69. The van der Waals surface area contributed by atoms with E-state index in [2.05, 4.69) is 31.9 Å². The van der Waals surface area contributed by atoms with E-state index in [0.29, 0.717) is 10.0 Å². The molecule has 0 saturated carbocycles. The van der Waals surface area contributed by atoms with Crippen molar-refractivity contribution >= 4 is 47.7 Å². The lowest BCUT2D eigenvalue weighted by molar-refractivity contribution is -0.136. The highest BCUT2D eigenvalue weighted by Crippen LogP contribution is 2.36. The van der Waals surface area contributed by atoms with Crippen molar-refractivity contribution in [2.45, 2.75) is 36.0 Å². The standard InChI is InChI=1S/C17H16Br2O5S/c1-9(2)13-8-12(3-4-15(13)20)25(23,24)17-10(6-16(21)22)5-11(18)7-14(17)19/h3-5,7-9,20H,6H2,1-2H3,(H,21,22). The van der Waals surface area contributed by atoms with Gasteiger partial charge in [-0.3, -0.25) is 4.79 Å². The summed E-state index contributed by atoms with van der Waals surface area (Å²) in [5, 5.41) is 19.0. The zero-order chi connectivity index (χ0) is 18.9. The lowest BCUT2D eigenvalue weighted by Crippen LogP contribution is -2.11. The molecule has 0 atom stereocenters. The third kappa shape index (κ3) is 4.24. The SMILES string of the molecule is CC(C)c1cc(S(=O)(=O)c2c(Br)cc(Br)cc2CC(=O)O)ccc1O. The van der Waals surface area contributed by atoms with Crippen molar-refractivity contribution in [1.29, 1.82) is 0 Å². The van der Waals surface area contributed by atoms with Crippen LogP contribution in [0.15, 0.2) is 49.1 Å². The monoisotopic (exact) mass is 490 g/mol. The summed E-state index contributed by atoms with van der Waals surface area (Å²) in [6.07, 6.45) is -0.429. The second kappa shape index (κ2) is 7.47. The van der Waals surface area contributed by atoms with Gasteiger partial charge in [0, 0.05) is 8.95 Å². The van der Waals surface area contributed by atoms with E-state index in [4.69, 9.17) is 5.11 Å². The lowest BCUT2D eigenvalue weighted by Gasteiger charge is -2.15. The van der Waals surface area contributed by atoms with Crippen molar-refractivity contribution < 1.29 is 23.4 Å². The maximum atomic E-state index is 13.1. The highest BCUT2D eigenvalue weighted by molar-refractivity contribution is 9.11. The highest BCUT2D eigenvalue weighted by atomic mass is 79.9. The van der Waals surface area contributed by atoms with Crippen molar-refractivity contribution in [3.05, 3.63) is 50.4 Å². The topological polar surface area (TPSA) is 91.7 Å². The molecule has 0 aliphatic rings. The van der Waals surface area contributed by atoms with Gasteiger partial charge in [-0.1, -0.05) is 29.8 Å². The number of halogens is 2. The van der Waals surface area contributed by atoms with Crippen LogP contribution in [-0.2, 0) is 21.1 Å². The van der Waals surface area contributed by atoms with Gasteiger partial charge >= 0.3 is 5.97 Å². The van der Waals surface area contributed by atoms with Gasteiger partial charge in [-0.25, -0.2) is 8.42 Å². The first-order valence-corrected chi connectivity index (χ1v) is 10.4. The van der Waals surface area contributed by atoms with E-state index in [1.54, 1.807) is 6.07 Å². The van der Waals surface area contributed by atoms with Gasteiger partial charge in [0.05, 0.1) is 16.2 Å². The number of rotatable bonds is 5. The minimum Gasteiger partial charge on any atom is -0.508 e. The second-order valence-corrected chi connectivity index (χ2v) is 9.48. The molecule has 0 aliphatic carbocycles. The Bertz CT molecular complexity index is 936. The first kappa shape index (κ1) is 19.9. The zero-order valence-electron chi connectivity index (χ0n) is 13.5. The maximum Gasteiger partial charge on any atom is 0.307 e. The molecule has 2 aromatic carbocycles. The Morgan fingerprint density at radius 3 is 2.36 bits per heavy atom. The molecule has 0 unspecified atom stereocenters.